The minimum atomic E-state index is -0.239. The summed E-state index contributed by atoms with van der Waals surface area (Å²) in [7, 11) is 0. The number of benzene rings is 1. The van der Waals surface area contributed by atoms with E-state index in [0.29, 0.717) is 6.42 Å². The maximum Gasteiger partial charge on any atom is 0.241 e. The van der Waals surface area contributed by atoms with E-state index < -0.39 is 0 Å². The monoisotopic (exact) mass is 384 g/mol. The van der Waals surface area contributed by atoms with E-state index in [4.69, 9.17) is 0 Å². The first kappa shape index (κ1) is 22.9. The van der Waals surface area contributed by atoms with E-state index in [1.165, 1.54) is 11.1 Å². The number of carbonyl (C=O) groups is 1. The Kier molecular flexibility index (Phi) is 10.8. The molecule has 5 heteroatoms. The Balaban J connectivity index is 0.00000338. The van der Waals surface area contributed by atoms with Crippen LogP contribution in [0.25, 0.3) is 0 Å². The number of nitrogens with one attached hydrogen (secondary N) is 1. The molecule has 148 valence electrons. The van der Waals surface area contributed by atoms with Crippen molar-refractivity contribution in [3.63, 3.8) is 0 Å². The minimum absolute atomic E-state index is 0. The molecule has 0 spiro atoms. The molecule has 0 radical (unpaired) electrons. The zero-order valence-corrected chi connectivity index (χ0v) is 17.0. The van der Waals surface area contributed by atoms with Crippen molar-refractivity contribution in [2.24, 2.45) is 0 Å². The third-order valence-corrected chi connectivity index (χ3v) is 5.24. The fourth-order valence-corrected chi connectivity index (χ4v) is 3.75. The fraction of sp³-hybridized carbons (Fsp3) is 0.667. The molecule has 1 saturated heterocycles. The number of amides is 1. The number of nitrogens with zero attached hydrogens (tertiary/aromatic N) is 1. The van der Waals surface area contributed by atoms with E-state index in [0.717, 1.165) is 63.7 Å². The van der Waals surface area contributed by atoms with Gasteiger partial charge in [-0.2, -0.15) is 0 Å². The van der Waals surface area contributed by atoms with Gasteiger partial charge in [0.2, 0.25) is 5.91 Å². The minimum Gasteiger partial charge on any atom is -0.324 e. The van der Waals surface area contributed by atoms with Crippen molar-refractivity contribution in [2.75, 3.05) is 25.1 Å². The molecule has 3 nitrogen and oxygen atoms in total. The molecular weight excluding hydrogens is 351 g/mol. The number of likely N-dealkylation sites (tertiary alicyclic amines) is 1. The molecule has 1 amide bonds. The molecule has 2 rings (SSSR count). The van der Waals surface area contributed by atoms with Crippen LogP contribution >= 0.6 is 12.4 Å². The molecular formula is C21H34ClFN2O. The summed E-state index contributed by atoms with van der Waals surface area (Å²) in [6.45, 7) is 5.89. The van der Waals surface area contributed by atoms with Crippen LogP contribution in [0.3, 0.4) is 0 Å². The van der Waals surface area contributed by atoms with Gasteiger partial charge in [-0.15, -0.1) is 12.4 Å². The quantitative estimate of drug-likeness (QED) is 0.596. The molecule has 0 aromatic heterocycles. The summed E-state index contributed by atoms with van der Waals surface area (Å²) in [6.07, 6.45) is 7.52. The number of carbonyl (C=O) groups excluding carboxylic acids is 1. The third kappa shape index (κ3) is 6.24. The van der Waals surface area contributed by atoms with Crippen molar-refractivity contribution in [3.8, 4) is 0 Å². The molecule has 1 unspecified atom stereocenters. The second kappa shape index (κ2) is 12.3. The molecule has 1 aromatic rings. The Bertz CT molecular complexity index is 531. The summed E-state index contributed by atoms with van der Waals surface area (Å²) in [5, 5.41) is 3.24. The lowest BCUT2D eigenvalue weighted by Gasteiger charge is -2.35. The zero-order valence-electron chi connectivity index (χ0n) is 16.2. The predicted molar refractivity (Wildman–Crippen MR) is 110 cm³/mol. The topological polar surface area (TPSA) is 32.3 Å². The van der Waals surface area contributed by atoms with Crippen LogP contribution in [0.1, 0.15) is 63.5 Å². The second-order valence-electron chi connectivity index (χ2n) is 6.94. The van der Waals surface area contributed by atoms with Crippen molar-refractivity contribution in [1.82, 2.24) is 4.90 Å². The highest BCUT2D eigenvalue weighted by atomic mass is 35.5. The van der Waals surface area contributed by atoms with Crippen LogP contribution < -0.4 is 5.32 Å². The molecule has 1 heterocycles. The van der Waals surface area contributed by atoms with Crippen molar-refractivity contribution < 1.29 is 9.18 Å². The highest BCUT2D eigenvalue weighted by molar-refractivity contribution is 5.96. The van der Waals surface area contributed by atoms with Crippen LogP contribution in [0, 0.1) is 0 Å². The lowest BCUT2D eigenvalue weighted by Crippen LogP contribution is -2.47. The molecule has 1 aliphatic rings. The summed E-state index contributed by atoms with van der Waals surface area (Å²) >= 11 is 0. The van der Waals surface area contributed by atoms with Gasteiger partial charge in [-0.25, -0.2) is 0 Å². The van der Waals surface area contributed by atoms with Crippen LogP contribution in [0.15, 0.2) is 18.2 Å². The number of alkyl halides is 1. The molecule has 1 aliphatic heterocycles. The molecule has 0 bridgehead atoms. The summed E-state index contributed by atoms with van der Waals surface area (Å²) in [5.74, 6) is 0.126. The smallest absolute Gasteiger partial charge is 0.241 e. The van der Waals surface area contributed by atoms with Gasteiger partial charge in [0.05, 0.1) is 12.7 Å². The van der Waals surface area contributed by atoms with Crippen LogP contribution in [-0.2, 0) is 17.6 Å². The average molecular weight is 385 g/mol. The molecule has 26 heavy (non-hydrogen) atoms. The highest BCUT2D eigenvalue weighted by Crippen LogP contribution is 2.25. The number of halogens is 2. The maximum atomic E-state index is 13.0. The molecule has 0 aliphatic carbocycles. The lowest BCUT2D eigenvalue weighted by atomic mass is 9.99. The second-order valence-corrected chi connectivity index (χ2v) is 6.94. The van der Waals surface area contributed by atoms with Crippen LogP contribution in [-0.4, -0.2) is 36.6 Å². The van der Waals surface area contributed by atoms with Gasteiger partial charge in [0.25, 0.3) is 0 Å². The van der Waals surface area contributed by atoms with Gasteiger partial charge in [-0.3, -0.25) is 14.1 Å². The molecule has 1 aromatic carbocycles. The van der Waals surface area contributed by atoms with Gasteiger partial charge >= 0.3 is 0 Å². The normalized spacial score (nSPS) is 17.6. The van der Waals surface area contributed by atoms with Crippen molar-refractivity contribution in [1.29, 1.82) is 0 Å². The van der Waals surface area contributed by atoms with E-state index in [-0.39, 0.29) is 31.0 Å². The summed E-state index contributed by atoms with van der Waals surface area (Å²) in [4.78, 5) is 15.3. The standard InChI is InChI=1S/C21H33FN2O.ClH/c1-3-17-11-10-12-18(4-2)20(17)23-21(25)19-13-6-9-16-24(19)15-8-5-7-14-22;/h10-12,19H,3-9,13-16H2,1-2H3,(H,23,25);1H. The predicted octanol–water partition coefficient (Wildman–Crippen LogP) is 5.17. The molecule has 1 N–H and O–H groups in total. The van der Waals surface area contributed by atoms with E-state index >= 15 is 0 Å². The van der Waals surface area contributed by atoms with Crippen molar-refractivity contribution >= 4 is 24.0 Å². The first-order valence-corrected chi connectivity index (χ1v) is 9.92. The van der Waals surface area contributed by atoms with Crippen molar-refractivity contribution in [2.45, 2.75) is 71.3 Å². The highest BCUT2D eigenvalue weighted by Gasteiger charge is 2.28. The summed E-state index contributed by atoms with van der Waals surface area (Å²) < 4.78 is 12.3. The number of hydrogen-bond acceptors (Lipinski definition) is 2. The Morgan fingerprint density at radius 1 is 1.15 bits per heavy atom. The number of piperidine rings is 1. The first-order chi connectivity index (χ1) is 12.2. The lowest BCUT2D eigenvalue weighted by molar-refractivity contribution is -0.122. The summed E-state index contributed by atoms with van der Waals surface area (Å²) in [6, 6.07) is 6.23. The Hall–Kier alpha value is -1.13. The Morgan fingerprint density at radius 2 is 1.85 bits per heavy atom. The van der Waals surface area contributed by atoms with E-state index in [1.54, 1.807) is 0 Å². The van der Waals surface area contributed by atoms with Gasteiger partial charge in [-0.1, -0.05) is 38.5 Å². The van der Waals surface area contributed by atoms with Gasteiger partial charge in [0.15, 0.2) is 0 Å². The first-order valence-electron chi connectivity index (χ1n) is 9.92. The van der Waals surface area contributed by atoms with E-state index in [9.17, 15) is 9.18 Å². The Morgan fingerprint density at radius 3 is 2.46 bits per heavy atom. The van der Waals surface area contributed by atoms with Gasteiger partial charge in [0.1, 0.15) is 0 Å². The fourth-order valence-electron chi connectivity index (χ4n) is 3.75. The van der Waals surface area contributed by atoms with Crippen molar-refractivity contribution in [3.05, 3.63) is 29.3 Å². The molecule has 0 saturated carbocycles. The zero-order chi connectivity index (χ0) is 18.1. The van der Waals surface area contributed by atoms with E-state index in [2.05, 4.69) is 42.3 Å². The van der Waals surface area contributed by atoms with Crippen LogP contribution in [0.2, 0.25) is 0 Å². The number of hydrogen-bond donors (Lipinski definition) is 1. The maximum absolute atomic E-state index is 13.0. The van der Waals surface area contributed by atoms with Gasteiger partial charge in [0, 0.05) is 5.69 Å². The van der Waals surface area contributed by atoms with E-state index in [1.807, 2.05) is 0 Å². The van der Waals surface area contributed by atoms with Gasteiger partial charge in [-0.05, 0) is 69.2 Å². The van der Waals surface area contributed by atoms with Gasteiger partial charge < -0.3 is 5.32 Å². The number of rotatable bonds is 9. The number of anilines is 1. The van der Waals surface area contributed by atoms with Crippen LogP contribution in [0.4, 0.5) is 10.1 Å². The molecule has 1 atom stereocenters. The number of aryl methyl sites for hydroxylation is 2. The Labute approximate surface area is 164 Å². The molecule has 1 fully saturated rings. The SMILES string of the molecule is CCc1cccc(CC)c1NC(=O)C1CCCCN1CCCCCF.Cl. The third-order valence-electron chi connectivity index (χ3n) is 5.24. The average Bonchev–Trinajstić information content (AvgIpc) is 2.65. The summed E-state index contributed by atoms with van der Waals surface area (Å²) in [5.41, 5.74) is 3.43. The largest absolute Gasteiger partial charge is 0.324 e. The van der Waals surface area contributed by atoms with Crippen LogP contribution in [0.5, 0.6) is 0 Å². The number of para-hydroxylation sites is 1. The number of unbranched alkanes of at least 4 members (excludes halogenated alkanes) is 2.